The molecule has 1 aromatic rings. The lowest BCUT2D eigenvalue weighted by molar-refractivity contribution is 1.08. The molecule has 0 bridgehead atoms. The number of nitrogens with zero attached hydrogens (tertiary/aromatic N) is 1. The predicted molar refractivity (Wildman–Crippen MR) is 61.5 cm³/mol. The Morgan fingerprint density at radius 3 is 2.00 bits per heavy atom. The molecule has 0 saturated carbocycles. The van der Waals surface area contributed by atoms with Gasteiger partial charge in [0.15, 0.2) is 0 Å². The predicted octanol–water partition coefficient (Wildman–Crippen LogP) is 3.75. The summed E-state index contributed by atoms with van der Waals surface area (Å²) in [6, 6.07) is 0. The Bertz CT molecular complexity index is 201. The summed E-state index contributed by atoms with van der Waals surface area (Å²) in [4.78, 5) is 0. The molecule has 1 rings (SSSR count). The highest BCUT2D eigenvalue weighted by Crippen LogP contribution is 2.05. The number of hydrogen-bond donors (Lipinski definition) is 1. The third kappa shape index (κ3) is 5.01. The second-order valence-electron chi connectivity index (χ2n) is 1.65. The monoisotopic (exact) mass is 180 g/mol. The van der Waals surface area contributed by atoms with Crippen molar-refractivity contribution in [2.45, 2.75) is 27.7 Å². The molecule has 0 spiro atoms. The van der Waals surface area contributed by atoms with Crippen molar-refractivity contribution in [2.24, 2.45) is 0 Å². The Kier molecular flexibility index (Phi) is 11.7. The quantitative estimate of drug-likeness (QED) is 0.737. The zero-order valence-electron chi connectivity index (χ0n) is 9.09. The SMILES string of the molecule is C=Cc1cn[nH]c1C=C.CC.CC. The largest absolute Gasteiger partial charge is 0.278 e. The van der Waals surface area contributed by atoms with Gasteiger partial charge in [0.2, 0.25) is 0 Å². The van der Waals surface area contributed by atoms with Crippen LogP contribution in [-0.4, -0.2) is 10.2 Å². The van der Waals surface area contributed by atoms with Crippen molar-refractivity contribution in [3.05, 3.63) is 30.6 Å². The van der Waals surface area contributed by atoms with Gasteiger partial charge in [-0.3, -0.25) is 5.10 Å². The highest BCUT2D eigenvalue weighted by Gasteiger charge is 1.92. The van der Waals surface area contributed by atoms with Crippen LogP contribution in [0.15, 0.2) is 19.4 Å². The molecular formula is C11H20N2. The highest BCUT2D eigenvalue weighted by atomic mass is 15.1. The maximum atomic E-state index is 3.80. The summed E-state index contributed by atoms with van der Waals surface area (Å²) in [6.45, 7) is 15.2. The highest BCUT2D eigenvalue weighted by molar-refractivity contribution is 5.59. The van der Waals surface area contributed by atoms with E-state index < -0.39 is 0 Å². The fourth-order valence-corrected chi connectivity index (χ4v) is 0.632. The zero-order chi connectivity index (χ0) is 10.7. The van der Waals surface area contributed by atoms with E-state index in [1.54, 1.807) is 18.3 Å². The third-order valence-electron chi connectivity index (χ3n) is 1.12. The van der Waals surface area contributed by atoms with E-state index in [0.29, 0.717) is 0 Å². The van der Waals surface area contributed by atoms with Crippen molar-refractivity contribution in [3.63, 3.8) is 0 Å². The molecular weight excluding hydrogens is 160 g/mol. The van der Waals surface area contributed by atoms with Gasteiger partial charge in [-0.1, -0.05) is 46.9 Å². The van der Waals surface area contributed by atoms with Crippen molar-refractivity contribution < 1.29 is 0 Å². The molecule has 0 fully saturated rings. The summed E-state index contributed by atoms with van der Waals surface area (Å²) in [5.41, 5.74) is 1.91. The van der Waals surface area contributed by atoms with Crippen LogP contribution < -0.4 is 0 Å². The molecule has 0 aliphatic rings. The first-order valence-corrected chi connectivity index (χ1v) is 4.66. The van der Waals surface area contributed by atoms with Gasteiger partial charge in [0, 0.05) is 5.56 Å². The summed E-state index contributed by atoms with van der Waals surface area (Å²) in [5.74, 6) is 0. The number of aromatic nitrogens is 2. The van der Waals surface area contributed by atoms with E-state index >= 15 is 0 Å². The van der Waals surface area contributed by atoms with Crippen LogP contribution in [0.5, 0.6) is 0 Å². The van der Waals surface area contributed by atoms with Crippen molar-refractivity contribution in [1.29, 1.82) is 0 Å². The van der Waals surface area contributed by atoms with Crippen molar-refractivity contribution in [2.75, 3.05) is 0 Å². The number of H-pyrrole nitrogens is 1. The van der Waals surface area contributed by atoms with E-state index in [9.17, 15) is 0 Å². The third-order valence-corrected chi connectivity index (χ3v) is 1.12. The average Bonchev–Trinajstić information content (AvgIpc) is 2.70. The number of hydrogen-bond acceptors (Lipinski definition) is 1. The molecule has 0 aliphatic carbocycles. The molecule has 0 saturated heterocycles. The summed E-state index contributed by atoms with van der Waals surface area (Å²) in [7, 11) is 0. The molecule has 0 unspecified atom stereocenters. The first-order valence-electron chi connectivity index (χ1n) is 4.66. The summed E-state index contributed by atoms with van der Waals surface area (Å²) in [5, 5.41) is 6.56. The van der Waals surface area contributed by atoms with E-state index in [-0.39, 0.29) is 0 Å². The Hall–Kier alpha value is -1.31. The minimum Gasteiger partial charge on any atom is -0.278 e. The van der Waals surface area contributed by atoms with Gasteiger partial charge >= 0.3 is 0 Å². The van der Waals surface area contributed by atoms with Gasteiger partial charge in [0.1, 0.15) is 0 Å². The van der Waals surface area contributed by atoms with E-state index in [1.807, 2.05) is 27.7 Å². The van der Waals surface area contributed by atoms with E-state index in [2.05, 4.69) is 23.4 Å². The Balaban J connectivity index is 0. The molecule has 2 heteroatoms. The van der Waals surface area contributed by atoms with Crippen molar-refractivity contribution in [3.8, 4) is 0 Å². The molecule has 74 valence electrons. The first-order chi connectivity index (χ1) is 6.38. The molecule has 0 aliphatic heterocycles. The van der Waals surface area contributed by atoms with Gasteiger partial charge in [0.05, 0.1) is 11.9 Å². The zero-order valence-corrected chi connectivity index (χ0v) is 9.09. The van der Waals surface area contributed by atoms with Crippen molar-refractivity contribution >= 4 is 12.2 Å². The summed E-state index contributed by atoms with van der Waals surface area (Å²) >= 11 is 0. The van der Waals surface area contributed by atoms with Crippen LogP contribution in [0, 0.1) is 0 Å². The van der Waals surface area contributed by atoms with Gasteiger partial charge in [0.25, 0.3) is 0 Å². The van der Waals surface area contributed by atoms with Gasteiger partial charge in [-0.05, 0) is 6.08 Å². The summed E-state index contributed by atoms with van der Waals surface area (Å²) < 4.78 is 0. The lowest BCUT2D eigenvalue weighted by atomic mass is 10.2. The van der Waals surface area contributed by atoms with Crippen LogP contribution >= 0.6 is 0 Å². The van der Waals surface area contributed by atoms with E-state index in [4.69, 9.17) is 0 Å². The second-order valence-corrected chi connectivity index (χ2v) is 1.65. The smallest absolute Gasteiger partial charge is 0.0644 e. The fraction of sp³-hybridized carbons (Fsp3) is 0.364. The van der Waals surface area contributed by atoms with Gasteiger partial charge < -0.3 is 0 Å². The summed E-state index contributed by atoms with van der Waals surface area (Å²) in [6.07, 6.45) is 5.16. The maximum absolute atomic E-state index is 3.80. The molecule has 0 radical (unpaired) electrons. The van der Waals surface area contributed by atoms with Crippen LogP contribution in [0.25, 0.3) is 12.2 Å². The lowest BCUT2D eigenvalue weighted by Gasteiger charge is -1.84. The van der Waals surface area contributed by atoms with Gasteiger partial charge in [-0.2, -0.15) is 5.10 Å². The number of nitrogens with one attached hydrogen (secondary N) is 1. The van der Waals surface area contributed by atoms with Gasteiger partial charge in [-0.25, -0.2) is 0 Å². The lowest BCUT2D eigenvalue weighted by Crippen LogP contribution is -1.72. The van der Waals surface area contributed by atoms with Crippen LogP contribution in [0.4, 0.5) is 0 Å². The molecule has 2 nitrogen and oxygen atoms in total. The topological polar surface area (TPSA) is 28.7 Å². The molecule has 1 aromatic heterocycles. The first kappa shape index (κ1) is 14.2. The van der Waals surface area contributed by atoms with E-state index in [1.165, 1.54) is 0 Å². The molecule has 0 aromatic carbocycles. The minimum atomic E-state index is 0.921. The average molecular weight is 180 g/mol. The number of aromatic amines is 1. The minimum absolute atomic E-state index is 0.921. The van der Waals surface area contributed by atoms with E-state index in [0.717, 1.165) is 11.3 Å². The number of rotatable bonds is 2. The molecule has 1 N–H and O–H groups in total. The van der Waals surface area contributed by atoms with Crippen LogP contribution in [0.2, 0.25) is 0 Å². The van der Waals surface area contributed by atoms with Crippen molar-refractivity contribution in [1.82, 2.24) is 10.2 Å². The Morgan fingerprint density at radius 2 is 1.69 bits per heavy atom. The molecule has 0 amide bonds. The molecule has 0 atom stereocenters. The Labute approximate surface area is 81.4 Å². The van der Waals surface area contributed by atoms with Crippen LogP contribution in [0.3, 0.4) is 0 Å². The molecule has 13 heavy (non-hydrogen) atoms. The second kappa shape index (κ2) is 10.7. The fourth-order valence-electron chi connectivity index (χ4n) is 0.632. The van der Waals surface area contributed by atoms with Crippen LogP contribution in [-0.2, 0) is 0 Å². The Morgan fingerprint density at radius 1 is 1.15 bits per heavy atom. The standard InChI is InChI=1S/C7H8N2.2C2H6/c1-3-6-5-8-9-7(6)4-2;2*1-2/h3-5H,1-2H2,(H,8,9);2*1-2H3. The van der Waals surface area contributed by atoms with Gasteiger partial charge in [-0.15, -0.1) is 0 Å². The normalized spacial score (nSPS) is 7.08. The maximum Gasteiger partial charge on any atom is 0.0644 e. The molecule has 1 heterocycles. The van der Waals surface area contributed by atoms with Crippen LogP contribution in [0.1, 0.15) is 39.0 Å².